The Morgan fingerprint density at radius 3 is 2.39 bits per heavy atom. The van der Waals surface area contributed by atoms with E-state index in [4.69, 9.17) is 16.3 Å². The number of hydrogen-bond acceptors (Lipinski definition) is 5. The molecule has 176 valence electrons. The molecule has 0 aromatic heterocycles. The van der Waals surface area contributed by atoms with Crippen molar-refractivity contribution in [2.45, 2.75) is 32.2 Å². The average Bonchev–Trinajstić information content (AvgIpc) is 3.03. The van der Waals surface area contributed by atoms with Crippen LogP contribution in [0.3, 0.4) is 0 Å². The lowest BCUT2D eigenvalue weighted by Crippen LogP contribution is -2.32. The zero-order chi connectivity index (χ0) is 24.3. The Morgan fingerprint density at radius 2 is 1.82 bits per heavy atom. The Bertz CT molecular complexity index is 1060. The van der Waals surface area contributed by atoms with Gasteiger partial charge in [-0.3, -0.25) is 9.59 Å². The number of hydrogen-bond donors (Lipinski definition) is 1. The first kappa shape index (κ1) is 24.8. The molecule has 1 saturated heterocycles. The Morgan fingerprint density at radius 1 is 1.15 bits per heavy atom. The van der Waals surface area contributed by atoms with Crippen molar-refractivity contribution in [3.05, 3.63) is 69.8 Å². The van der Waals surface area contributed by atoms with Crippen LogP contribution in [0.1, 0.15) is 48.9 Å². The molecule has 1 atom stereocenters. The molecule has 2 aromatic rings. The summed E-state index contributed by atoms with van der Waals surface area (Å²) in [4.78, 5) is 29.8. The lowest BCUT2D eigenvalue weighted by molar-refractivity contribution is -0.139. The van der Waals surface area contributed by atoms with Crippen LogP contribution < -0.4 is 4.74 Å². The highest BCUT2D eigenvalue weighted by Gasteiger charge is 2.45. The molecule has 1 N–H and O–H groups in total. The minimum absolute atomic E-state index is 0.0755. The van der Waals surface area contributed by atoms with Crippen molar-refractivity contribution < 1.29 is 19.4 Å². The number of likely N-dealkylation sites (tertiary alicyclic amines) is 1. The first-order valence-electron chi connectivity index (χ1n) is 11.0. The van der Waals surface area contributed by atoms with E-state index in [1.165, 1.54) is 7.11 Å². The lowest BCUT2D eigenvalue weighted by Gasteiger charge is -2.26. The number of methoxy groups -OCH3 is 1. The van der Waals surface area contributed by atoms with Crippen molar-refractivity contribution in [3.8, 4) is 5.75 Å². The molecule has 3 rings (SSSR count). The lowest BCUT2D eigenvalue weighted by atomic mass is 9.93. The minimum Gasteiger partial charge on any atom is -0.507 e. The van der Waals surface area contributed by atoms with Gasteiger partial charge in [0.05, 0.1) is 23.7 Å². The molecular formula is C26H31ClN2O4. The third kappa shape index (κ3) is 5.23. The Balaban J connectivity index is 2.11. The monoisotopic (exact) mass is 470 g/mol. The second-order valence-corrected chi connectivity index (χ2v) is 9.23. The Labute approximate surface area is 200 Å². The number of benzene rings is 2. The average molecular weight is 471 g/mol. The summed E-state index contributed by atoms with van der Waals surface area (Å²) in [6.07, 6.45) is 0.704. The van der Waals surface area contributed by atoms with Gasteiger partial charge >= 0.3 is 0 Å². The predicted octanol–water partition coefficient (Wildman–Crippen LogP) is 4.85. The number of carbonyl (C=O) groups excluding carboxylic acids is 2. The smallest absolute Gasteiger partial charge is 0.295 e. The maximum Gasteiger partial charge on any atom is 0.295 e. The van der Waals surface area contributed by atoms with Crippen molar-refractivity contribution in [2.75, 3.05) is 34.3 Å². The molecule has 0 saturated carbocycles. The fourth-order valence-corrected chi connectivity index (χ4v) is 4.23. The van der Waals surface area contributed by atoms with Gasteiger partial charge < -0.3 is 19.6 Å². The van der Waals surface area contributed by atoms with Crippen molar-refractivity contribution in [1.82, 2.24) is 9.80 Å². The molecule has 0 bridgehead atoms. The summed E-state index contributed by atoms with van der Waals surface area (Å²) in [7, 11) is 5.40. The van der Waals surface area contributed by atoms with Gasteiger partial charge in [0.15, 0.2) is 0 Å². The van der Waals surface area contributed by atoms with Crippen molar-refractivity contribution >= 4 is 29.1 Å². The standard InChI is InChI=1S/C26H31ClN2O4/c1-16(2)17-7-9-18(10-8-17)23-22(24(30)19-11-12-20(27)21(15-19)33-5)25(31)26(32)29(23)14-6-13-28(3)4/h7-12,15-16,23,30H,6,13-14H2,1-5H3/b24-22-. The SMILES string of the molecule is COc1cc(/C(O)=C2/C(=O)C(=O)N(CCCN(C)C)C2c2ccc(C(C)C)cc2)ccc1Cl. The molecule has 1 amide bonds. The van der Waals surface area contributed by atoms with E-state index < -0.39 is 17.7 Å². The van der Waals surface area contributed by atoms with Gasteiger partial charge in [-0.1, -0.05) is 49.7 Å². The number of ether oxygens (including phenoxy) is 1. The van der Waals surface area contributed by atoms with Crippen molar-refractivity contribution in [1.29, 1.82) is 0 Å². The second-order valence-electron chi connectivity index (χ2n) is 8.82. The van der Waals surface area contributed by atoms with Crippen LogP contribution in [0.15, 0.2) is 48.0 Å². The Hall–Kier alpha value is -2.83. The molecule has 1 unspecified atom stereocenters. The van der Waals surface area contributed by atoms with Crippen LogP contribution >= 0.6 is 11.6 Å². The fourth-order valence-electron chi connectivity index (χ4n) is 4.04. The van der Waals surface area contributed by atoms with Crippen LogP contribution in [0, 0.1) is 0 Å². The number of Topliss-reactive ketones (excluding diaryl/α,β-unsaturated/α-hetero) is 1. The van der Waals surface area contributed by atoms with Crippen LogP contribution in [0.2, 0.25) is 5.02 Å². The van der Waals surface area contributed by atoms with E-state index in [1.54, 1.807) is 23.1 Å². The molecule has 1 aliphatic heterocycles. The molecule has 0 spiro atoms. The van der Waals surface area contributed by atoms with Gasteiger partial charge in [0.2, 0.25) is 0 Å². The van der Waals surface area contributed by atoms with Gasteiger partial charge in [-0.15, -0.1) is 0 Å². The van der Waals surface area contributed by atoms with Crippen LogP contribution in [0.4, 0.5) is 0 Å². The molecule has 7 heteroatoms. The van der Waals surface area contributed by atoms with Gasteiger partial charge in [0.1, 0.15) is 11.5 Å². The van der Waals surface area contributed by atoms with E-state index in [0.717, 1.165) is 17.7 Å². The van der Waals surface area contributed by atoms with E-state index in [9.17, 15) is 14.7 Å². The fraction of sp³-hybridized carbons (Fsp3) is 0.385. The zero-order valence-corrected chi connectivity index (χ0v) is 20.5. The van der Waals surface area contributed by atoms with Crippen molar-refractivity contribution in [2.24, 2.45) is 0 Å². The van der Waals surface area contributed by atoms with Crippen LogP contribution in [-0.4, -0.2) is 60.9 Å². The number of carbonyl (C=O) groups is 2. The van der Waals surface area contributed by atoms with Crippen LogP contribution in [0.5, 0.6) is 5.75 Å². The number of aliphatic hydroxyl groups is 1. The second kappa shape index (κ2) is 10.4. The number of amides is 1. The molecule has 0 aliphatic carbocycles. The quantitative estimate of drug-likeness (QED) is 0.339. The molecule has 33 heavy (non-hydrogen) atoms. The summed E-state index contributed by atoms with van der Waals surface area (Å²) in [5.74, 6) is -0.805. The molecule has 2 aromatic carbocycles. The topological polar surface area (TPSA) is 70.1 Å². The number of rotatable bonds is 8. The normalized spacial score (nSPS) is 17.9. The van der Waals surface area contributed by atoms with Gasteiger partial charge in [-0.25, -0.2) is 0 Å². The van der Waals surface area contributed by atoms with Crippen molar-refractivity contribution in [3.63, 3.8) is 0 Å². The highest BCUT2D eigenvalue weighted by atomic mass is 35.5. The van der Waals surface area contributed by atoms with Gasteiger partial charge in [-0.2, -0.15) is 0 Å². The maximum atomic E-state index is 13.1. The molecule has 1 aliphatic rings. The van der Waals surface area contributed by atoms with E-state index in [0.29, 0.717) is 35.2 Å². The highest BCUT2D eigenvalue weighted by Crippen LogP contribution is 2.40. The number of nitrogens with zero attached hydrogens (tertiary/aromatic N) is 2. The summed E-state index contributed by atoms with van der Waals surface area (Å²) >= 11 is 6.13. The van der Waals surface area contributed by atoms with Crippen LogP contribution in [0.25, 0.3) is 5.76 Å². The minimum atomic E-state index is -0.691. The third-order valence-corrected chi connectivity index (χ3v) is 6.20. The van der Waals surface area contributed by atoms with E-state index in [2.05, 4.69) is 13.8 Å². The predicted molar refractivity (Wildman–Crippen MR) is 131 cm³/mol. The third-order valence-electron chi connectivity index (χ3n) is 5.89. The highest BCUT2D eigenvalue weighted by molar-refractivity contribution is 6.46. The van der Waals surface area contributed by atoms with E-state index in [1.807, 2.05) is 43.3 Å². The summed E-state index contributed by atoms with van der Waals surface area (Å²) in [6, 6.07) is 12.0. The molecular weight excluding hydrogens is 440 g/mol. The van der Waals surface area contributed by atoms with Gasteiger partial charge in [0.25, 0.3) is 11.7 Å². The summed E-state index contributed by atoms with van der Waals surface area (Å²) in [5.41, 5.74) is 2.38. The Kier molecular flexibility index (Phi) is 7.82. The van der Waals surface area contributed by atoms with E-state index >= 15 is 0 Å². The number of aliphatic hydroxyl groups excluding tert-OH is 1. The molecule has 6 nitrogen and oxygen atoms in total. The van der Waals surface area contributed by atoms with Gasteiger partial charge in [-0.05, 0) is 62.3 Å². The molecule has 1 fully saturated rings. The summed E-state index contributed by atoms with van der Waals surface area (Å²) in [5, 5.41) is 11.6. The number of ketones is 1. The largest absolute Gasteiger partial charge is 0.507 e. The van der Waals surface area contributed by atoms with E-state index in [-0.39, 0.29) is 11.3 Å². The first-order chi connectivity index (χ1) is 15.6. The number of halogens is 1. The first-order valence-corrected chi connectivity index (χ1v) is 11.4. The summed E-state index contributed by atoms with van der Waals surface area (Å²) < 4.78 is 5.26. The maximum absolute atomic E-state index is 13.1. The molecule has 1 heterocycles. The van der Waals surface area contributed by atoms with Crippen LogP contribution in [-0.2, 0) is 9.59 Å². The molecule has 0 radical (unpaired) electrons. The zero-order valence-electron chi connectivity index (χ0n) is 19.8. The summed E-state index contributed by atoms with van der Waals surface area (Å²) in [6.45, 7) is 5.39. The van der Waals surface area contributed by atoms with Gasteiger partial charge in [0, 0.05) is 12.1 Å².